The van der Waals surface area contributed by atoms with Crippen LogP contribution in [0.15, 0.2) is 54.6 Å². The second-order valence-electron chi connectivity index (χ2n) is 5.96. The third-order valence-electron chi connectivity index (χ3n) is 4.71. The summed E-state index contributed by atoms with van der Waals surface area (Å²) in [5, 5.41) is 19.2. The lowest BCUT2D eigenvalue weighted by atomic mass is 9.33. The molecular weight excluding hydrogens is 311 g/mol. The Bertz CT molecular complexity index is 1060. The van der Waals surface area contributed by atoms with Gasteiger partial charge >= 0.3 is 0 Å². The fourth-order valence-electron chi connectivity index (χ4n) is 3.71. The molecule has 2 aliphatic heterocycles. The van der Waals surface area contributed by atoms with Gasteiger partial charge in [-0.1, -0.05) is 18.2 Å². The zero-order valence-electron chi connectivity index (χ0n) is 13.0. The summed E-state index contributed by atoms with van der Waals surface area (Å²) >= 11 is 0. The first-order chi connectivity index (χ1) is 12.3. The fourth-order valence-corrected chi connectivity index (χ4v) is 3.71. The van der Waals surface area contributed by atoms with Gasteiger partial charge < -0.3 is 9.47 Å². The Morgan fingerprint density at radius 1 is 0.600 bits per heavy atom. The maximum atomic E-state index is 9.61. The van der Waals surface area contributed by atoms with Crippen LogP contribution in [0.4, 0.5) is 0 Å². The summed E-state index contributed by atoms with van der Waals surface area (Å²) < 4.78 is 12.1. The molecule has 0 N–H and O–H groups in total. The largest absolute Gasteiger partial charge is 0.458 e. The van der Waals surface area contributed by atoms with E-state index >= 15 is 0 Å². The summed E-state index contributed by atoms with van der Waals surface area (Å²) in [7, 11) is 0. The van der Waals surface area contributed by atoms with Crippen molar-refractivity contribution in [3.63, 3.8) is 0 Å². The van der Waals surface area contributed by atoms with Gasteiger partial charge in [0.1, 0.15) is 23.0 Å². The Balaban J connectivity index is 1.93. The third kappa shape index (κ3) is 1.75. The molecule has 2 heterocycles. The number of nitrogens with zero attached hydrogens (tertiary/aromatic N) is 2. The lowest BCUT2D eigenvalue weighted by Crippen LogP contribution is -2.59. The standard InChI is InChI=1S/C20H9BN2O2/c22-10-12-4-1-6-14-18(12)21-19-13(11-23)5-2-7-15(19)25-17-9-3-8-16(24-14)20(17)21/h1-9H. The molecule has 3 aromatic carbocycles. The van der Waals surface area contributed by atoms with Gasteiger partial charge in [0.15, 0.2) is 0 Å². The van der Waals surface area contributed by atoms with Gasteiger partial charge in [0, 0.05) is 5.46 Å². The molecule has 0 amide bonds. The molecule has 0 fully saturated rings. The molecule has 0 unspecified atom stereocenters. The minimum Gasteiger partial charge on any atom is -0.458 e. The van der Waals surface area contributed by atoms with Crippen molar-refractivity contribution in [1.29, 1.82) is 10.5 Å². The van der Waals surface area contributed by atoms with E-state index in [0.717, 1.165) is 16.4 Å². The van der Waals surface area contributed by atoms with Crippen LogP contribution < -0.4 is 25.9 Å². The lowest BCUT2D eigenvalue weighted by Gasteiger charge is -2.33. The molecule has 0 saturated heterocycles. The summed E-state index contributed by atoms with van der Waals surface area (Å²) in [6.45, 7) is -0.259. The van der Waals surface area contributed by atoms with Crippen molar-refractivity contribution < 1.29 is 9.47 Å². The van der Waals surface area contributed by atoms with Gasteiger partial charge in [0.2, 0.25) is 0 Å². The van der Waals surface area contributed by atoms with E-state index in [0.29, 0.717) is 34.1 Å². The highest BCUT2D eigenvalue weighted by Gasteiger charge is 2.42. The Kier molecular flexibility index (Phi) is 2.69. The zero-order valence-corrected chi connectivity index (χ0v) is 13.0. The molecular formula is C20H9BN2O2. The normalized spacial score (nSPS) is 12.5. The summed E-state index contributed by atoms with van der Waals surface area (Å²) in [4.78, 5) is 0. The average Bonchev–Trinajstić information content (AvgIpc) is 2.66. The molecule has 25 heavy (non-hydrogen) atoms. The highest BCUT2D eigenvalue weighted by molar-refractivity contribution is 6.99. The molecule has 0 aromatic heterocycles. The highest BCUT2D eigenvalue weighted by Crippen LogP contribution is 2.35. The molecule has 0 spiro atoms. The second-order valence-corrected chi connectivity index (χ2v) is 5.96. The second kappa shape index (κ2) is 4.90. The maximum Gasteiger partial charge on any atom is 0.264 e. The first kappa shape index (κ1) is 13.7. The van der Waals surface area contributed by atoms with Crippen molar-refractivity contribution in [2.45, 2.75) is 0 Å². The summed E-state index contributed by atoms with van der Waals surface area (Å²) in [6.07, 6.45) is 0. The monoisotopic (exact) mass is 320 g/mol. The van der Waals surface area contributed by atoms with E-state index in [1.165, 1.54) is 0 Å². The minimum atomic E-state index is -0.259. The SMILES string of the molecule is N#Cc1cccc2c1B1c3c(C#N)cccc3Oc3cccc(c31)O2. The number of ether oxygens (including phenoxy) is 2. The van der Waals surface area contributed by atoms with Crippen LogP contribution in [0.25, 0.3) is 0 Å². The van der Waals surface area contributed by atoms with E-state index in [1.807, 2.05) is 42.5 Å². The number of rotatable bonds is 0. The molecule has 4 nitrogen and oxygen atoms in total. The zero-order chi connectivity index (χ0) is 17.0. The predicted molar refractivity (Wildman–Crippen MR) is 93.6 cm³/mol. The van der Waals surface area contributed by atoms with Crippen LogP contribution in [0.2, 0.25) is 0 Å². The summed E-state index contributed by atoms with van der Waals surface area (Å²) in [5.41, 5.74) is 3.54. The van der Waals surface area contributed by atoms with Crippen molar-refractivity contribution in [2.24, 2.45) is 0 Å². The van der Waals surface area contributed by atoms with E-state index in [1.54, 1.807) is 12.1 Å². The summed E-state index contributed by atoms with van der Waals surface area (Å²) in [6, 6.07) is 21.1. The molecule has 3 aromatic rings. The maximum absolute atomic E-state index is 9.61. The molecule has 2 aliphatic rings. The molecule has 5 rings (SSSR count). The van der Waals surface area contributed by atoms with Gasteiger partial charge in [-0.25, -0.2) is 0 Å². The van der Waals surface area contributed by atoms with Crippen LogP contribution in [0, 0.1) is 22.7 Å². The van der Waals surface area contributed by atoms with Crippen LogP contribution in [-0.2, 0) is 0 Å². The molecule has 5 heteroatoms. The van der Waals surface area contributed by atoms with Gasteiger partial charge in [-0.05, 0) is 47.3 Å². The Morgan fingerprint density at radius 2 is 1.00 bits per heavy atom. The van der Waals surface area contributed by atoms with Crippen molar-refractivity contribution in [3.8, 4) is 35.1 Å². The number of hydrogen-bond donors (Lipinski definition) is 0. The number of fused-ring (bicyclic) bond motifs is 4. The molecule has 0 saturated carbocycles. The van der Waals surface area contributed by atoms with Crippen LogP contribution >= 0.6 is 0 Å². The quantitative estimate of drug-likeness (QED) is 0.410. The van der Waals surface area contributed by atoms with Gasteiger partial charge in [-0.15, -0.1) is 0 Å². The van der Waals surface area contributed by atoms with E-state index < -0.39 is 0 Å². The van der Waals surface area contributed by atoms with Crippen LogP contribution in [0.1, 0.15) is 11.1 Å². The molecule has 0 atom stereocenters. The first-order valence-corrected chi connectivity index (χ1v) is 7.86. The van der Waals surface area contributed by atoms with Gasteiger partial charge in [0.25, 0.3) is 6.71 Å². The van der Waals surface area contributed by atoms with E-state index in [4.69, 9.17) is 9.47 Å². The average molecular weight is 320 g/mol. The van der Waals surface area contributed by atoms with Crippen molar-refractivity contribution in [2.75, 3.05) is 0 Å². The van der Waals surface area contributed by atoms with E-state index in [-0.39, 0.29) is 6.71 Å². The molecule has 0 aliphatic carbocycles. The smallest absolute Gasteiger partial charge is 0.264 e. The molecule has 114 valence electrons. The molecule has 0 bridgehead atoms. The topological polar surface area (TPSA) is 66.0 Å². The molecule has 0 radical (unpaired) electrons. The van der Waals surface area contributed by atoms with Crippen LogP contribution in [0.3, 0.4) is 0 Å². The minimum absolute atomic E-state index is 0.259. The first-order valence-electron chi connectivity index (χ1n) is 7.86. The van der Waals surface area contributed by atoms with Crippen LogP contribution in [-0.4, -0.2) is 6.71 Å². The van der Waals surface area contributed by atoms with E-state index in [9.17, 15) is 10.5 Å². The van der Waals surface area contributed by atoms with Gasteiger partial charge in [-0.2, -0.15) is 10.5 Å². The Hall–Kier alpha value is -3.70. The lowest BCUT2D eigenvalue weighted by molar-refractivity contribution is 0.464. The van der Waals surface area contributed by atoms with Crippen molar-refractivity contribution >= 4 is 23.1 Å². The van der Waals surface area contributed by atoms with Crippen molar-refractivity contribution in [3.05, 3.63) is 65.7 Å². The summed E-state index contributed by atoms with van der Waals surface area (Å²) in [5.74, 6) is 2.69. The third-order valence-corrected chi connectivity index (χ3v) is 4.71. The number of benzene rings is 3. The van der Waals surface area contributed by atoms with Gasteiger partial charge in [-0.3, -0.25) is 0 Å². The Morgan fingerprint density at radius 3 is 1.44 bits per heavy atom. The van der Waals surface area contributed by atoms with Gasteiger partial charge in [0.05, 0.1) is 23.3 Å². The van der Waals surface area contributed by atoms with Crippen LogP contribution in [0.5, 0.6) is 23.0 Å². The van der Waals surface area contributed by atoms with E-state index in [2.05, 4.69) is 12.1 Å². The number of hydrogen-bond acceptors (Lipinski definition) is 4. The van der Waals surface area contributed by atoms with Crippen molar-refractivity contribution in [1.82, 2.24) is 0 Å². The predicted octanol–water partition coefficient (Wildman–Crippen LogP) is 2.16. The highest BCUT2D eigenvalue weighted by atomic mass is 16.5. The Labute approximate surface area is 144 Å². The number of nitriles is 2. The fraction of sp³-hybridized carbons (Fsp3) is 0.